The maximum absolute atomic E-state index is 13.5. The number of rotatable bonds is 7. The lowest BCUT2D eigenvalue weighted by atomic mass is 9.76. The number of fused-ring (bicyclic) bond motifs is 2. The SMILES string of the molecule is C[C@H](N=C1CC(C)(c2nn(C3COC3)c3c2[C@@H](Oc2ccc(C(=O)O)cc2)CCC3)C=CN1)c1ccc2c(c1)OC(F)(F)O2. The number of carbonyl (C=O) groups is 1. The van der Waals surface area contributed by atoms with Crippen molar-refractivity contribution in [3.63, 3.8) is 0 Å². The van der Waals surface area contributed by atoms with Crippen LogP contribution in [0, 0.1) is 0 Å². The number of halogens is 2. The molecule has 2 aromatic carbocycles. The van der Waals surface area contributed by atoms with Crippen molar-refractivity contribution in [1.82, 2.24) is 15.1 Å². The van der Waals surface area contributed by atoms with Gasteiger partial charge in [-0.1, -0.05) is 12.1 Å². The molecule has 1 fully saturated rings. The number of aliphatic imine (C=N–C) groups is 1. The highest BCUT2D eigenvalue weighted by atomic mass is 19.3. The molecule has 1 aromatic heterocycles. The fourth-order valence-corrected chi connectivity index (χ4v) is 6.27. The monoisotopic (exact) mass is 606 g/mol. The molecule has 10 nitrogen and oxygen atoms in total. The number of carboxylic acid groups (broad SMARTS) is 1. The van der Waals surface area contributed by atoms with E-state index in [0.29, 0.717) is 30.9 Å². The molecule has 2 N–H and O–H groups in total. The van der Waals surface area contributed by atoms with E-state index in [0.717, 1.165) is 42.0 Å². The largest absolute Gasteiger partial charge is 0.586 e. The summed E-state index contributed by atoms with van der Waals surface area (Å²) < 4.78 is 50.4. The fraction of sp³-hybridized carbons (Fsp3) is 0.406. The Kier molecular flexibility index (Phi) is 6.84. The van der Waals surface area contributed by atoms with E-state index < -0.39 is 17.7 Å². The third kappa shape index (κ3) is 5.17. The Bertz CT molecular complexity index is 1670. The van der Waals surface area contributed by atoms with Crippen LogP contribution in [0.2, 0.25) is 0 Å². The zero-order valence-corrected chi connectivity index (χ0v) is 24.3. The number of alkyl halides is 2. The molecule has 0 spiro atoms. The van der Waals surface area contributed by atoms with Crippen LogP contribution in [0.25, 0.3) is 0 Å². The molecule has 4 heterocycles. The van der Waals surface area contributed by atoms with Crippen LogP contribution in [-0.2, 0) is 16.6 Å². The van der Waals surface area contributed by atoms with E-state index in [4.69, 9.17) is 19.6 Å². The van der Waals surface area contributed by atoms with Crippen LogP contribution >= 0.6 is 0 Å². The lowest BCUT2D eigenvalue weighted by Crippen LogP contribution is -2.36. The Hall–Kier alpha value is -4.45. The molecule has 3 atom stereocenters. The van der Waals surface area contributed by atoms with E-state index in [9.17, 15) is 18.7 Å². The molecule has 0 saturated carbocycles. The predicted octanol–water partition coefficient (Wildman–Crippen LogP) is 5.85. The van der Waals surface area contributed by atoms with Crippen LogP contribution in [0.5, 0.6) is 17.2 Å². The molecule has 7 rings (SSSR count). The van der Waals surface area contributed by atoms with Gasteiger partial charge in [-0.2, -0.15) is 5.10 Å². The van der Waals surface area contributed by atoms with Gasteiger partial charge < -0.3 is 29.4 Å². The van der Waals surface area contributed by atoms with Crippen LogP contribution in [-0.4, -0.2) is 46.2 Å². The van der Waals surface area contributed by atoms with Gasteiger partial charge in [0.25, 0.3) is 0 Å². The summed E-state index contributed by atoms with van der Waals surface area (Å²) in [6.45, 7) is 5.24. The van der Waals surface area contributed by atoms with Gasteiger partial charge in [0.1, 0.15) is 17.7 Å². The number of benzene rings is 2. The number of hydrogen-bond donors (Lipinski definition) is 2. The van der Waals surface area contributed by atoms with Crippen molar-refractivity contribution in [1.29, 1.82) is 0 Å². The minimum absolute atomic E-state index is 0.00303. The van der Waals surface area contributed by atoms with Gasteiger partial charge in [-0.3, -0.25) is 9.67 Å². The number of hydrogen-bond acceptors (Lipinski definition) is 7. The van der Waals surface area contributed by atoms with Crippen LogP contribution in [0.15, 0.2) is 59.7 Å². The summed E-state index contributed by atoms with van der Waals surface area (Å²) >= 11 is 0. The fourth-order valence-electron chi connectivity index (χ4n) is 6.27. The van der Waals surface area contributed by atoms with Crippen LogP contribution < -0.4 is 19.5 Å². The van der Waals surface area contributed by atoms with Gasteiger partial charge >= 0.3 is 12.3 Å². The van der Waals surface area contributed by atoms with Crippen LogP contribution in [0.4, 0.5) is 8.78 Å². The zero-order valence-electron chi connectivity index (χ0n) is 24.3. The van der Waals surface area contributed by atoms with E-state index in [1.165, 1.54) is 12.1 Å². The molecule has 0 bridgehead atoms. The van der Waals surface area contributed by atoms with Crippen molar-refractivity contribution in [2.75, 3.05) is 13.2 Å². The maximum atomic E-state index is 13.5. The molecule has 3 aliphatic heterocycles. The first-order valence-electron chi connectivity index (χ1n) is 14.7. The van der Waals surface area contributed by atoms with E-state index in [-0.39, 0.29) is 35.3 Å². The van der Waals surface area contributed by atoms with Gasteiger partial charge in [0.2, 0.25) is 0 Å². The molecule has 1 aliphatic carbocycles. The minimum atomic E-state index is -3.68. The summed E-state index contributed by atoms with van der Waals surface area (Å²) in [5.41, 5.74) is 3.51. The normalized spacial score (nSPS) is 25.2. The lowest BCUT2D eigenvalue weighted by Gasteiger charge is -2.33. The second kappa shape index (κ2) is 10.6. The number of aromatic nitrogens is 2. The van der Waals surface area contributed by atoms with E-state index in [1.54, 1.807) is 30.3 Å². The third-order valence-corrected chi connectivity index (χ3v) is 8.63. The molecule has 3 aromatic rings. The van der Waals surface area contributed by atoms with Crippen molar-refractivity contribution in [2.45, 2.75) is 69.4 Å². The first-order chi connectivity index (χ1) is 21.1. The molecule has 230 valence electrons. The van der Waals surface area contributed by atoms with Crippen molar-refractivity contribution in [2.24, 2.45) is 4.99 Å². The highest BCUT2D eigenvalue weighted by Crippen LogP contribution is 2.45. The van der Waals surface area contributed by atoms with Gasteiger partial charge in [0.15, 0.2) is 11.5 Å². The standard InChI is InChI=1S/C32H32F2N4O6/c1-18(20-8-11-24-26(14-20)44-32(33,34)43-24)36-27-15-31(2,12-13-35-27)29-28-23(38(37-29)21-16-41-17-21)4-3-5-25(28)42-22-9-6-19(7-10-22)30(39)40/h6-14,18,21,25H,3-5,15-17H2,1-2H3,(H,35,36)(H,39,40)/t18-,25-,31?/m0/s1. The maximum Gasteiger partial charge on any atom is 0.586 e. The molecular formula is C32H32F2N4O6. The molecule has 4 aliphatic rings. The molecule has 1 saturated heterocycles. The predicted molar refractivity (Wildman–Crippen MR) is 155 cm³/mol. The molecule has 44 heavy (non-hydrogen) atoms. The number of ether oxygens (including phenoxy) is 4. The first-order valence-corrected chi connectivity index (χ1v) is 14.7. The molecule has 12 heteroatoms. The number of carboxylic acids is 1. The smallest absolute Gasteiger partial charge is 0.486 e. The highest BCUT2D eigenvalue weighted by molar-refractivity contribution is 5.87. The van der Waals surface area contributed by atoms with Crippen molar-refractivity contribution < 1.29 is 37.6 Å². The van der Waals surface area contributed by atoms with Gasteiger partial charge in [0, 0.05) is 23.1 Å². The van der Waals surface area contributed by atoms with Gasteiger partial charge in [-0.15, -0.1) is 8.78 Å². The second-order valence-corrected chi connectivity index (χ2v) is 11.9. The summed E-state index contributed by atoms with van der Waals surface area (Å²) in [7, 11) is 0. The average molecular weight is 607 g/mol. The minimum Gasteiger partial charge on any atom is -0.486 e. The second-order valence-electron chi connectivity index (χ2n) is 11.9. The van der Waals surface area contributed by atoms with Crippen LogP contribution in [0.3, 0.4) is 0 Å². The molecular weight excluding hydrogens is 574 g/mol. The van der Waals surface area contributed by atoms with E-state index >= 15 is 0 Å². The van der Waals surface area contributed by atoms with Crippen molar-refractivity contribution in [3.8, 4) is 17.2 Å². The Labute approximate surface area is 252 Å². The van der Waals surface area contributed by atoms with Crippen molar-refractivity contribution >= 4 is 11.8 Å². The molecule has 0 radical (unpaired) electrons. The number of aromatic carboxylic acids is 1. The summed E-state index contributed by atoms with van der Waals surface area (Å²) in [5.74, 6) is 0.332. The van der Waals surface area contributed by atoms with Gasteiger partial charge in [-0.25, -0.2) is 4.79 Å². The number of nitrogens with zero attached hydrogens (tertiary/aromatic N) is 3. The summed E-state index contributed by atoms with van der Waals surface area (Å²) in [4.78, 5) is 16.3. The van der Waals surface area contributed by atoms with E-state index in [2.05, 4.69) is 32.5 Å². The van der Waals surface area contributed by atoms with Crippen molar-refractivity contribution in [3.05, 3.63) is 82.8 Å². The van der Waals surface area contributed by atoms with Crippen LogP contribution in [0.1, 0.15) is 84.2 Å². The Balaban J connectivity index is 1.19. The topological polar surface area (TPSA) is 116 Å². The Morgan fingerprint density at radius 2 is 1.95 bits per heavy atom. The third-order valence-electron chi connectivity index (χ3n) is 8.63. The lowest BCUT2D eigenvalue weighted by molar-refractivity contribution is -0.286. The molecule has 1 unspecified atom stereocenters. The zero-order chi connectivity index (χ0) is 30.6. The number of amidine groups is 1. The van der Waals surface area contributed by atoms with E-state index in [1.807, 2.05) is 13.1 Å². The summed E-state index contributed by atoms with van der Waals surface area (Å²) in [6, 6.07) is 11.0. The number of allylic oxidation sites excluding steroid dienone is 1. The average Bonchev–Trinajstić information content (AvgIpc) is 3.49. The Morgan fingerprint density at radius 3 is 2.68 bits per heavy atom. The summed E-state index contributed by atoms with van der Waals surface area (Å²) in [6.07, 6.45) is 3.16. The first kappa shape index (κ1) is 28.3. The highest BCUT2D eigenvalue weighted by Gasteiger charge is 2.44. The molecule has 0 amide bonds. The summed E-state index contributed by atoms with van der Waals surface area (Å²) in [5, 5.41) is 17.8. The van der Waals surface area contributed by atoms with Gasteiger partial charge in [-0.05, 0) is 81.3 Å². The number of nitrogens with one attached hydrogen (secondary N) is 1. The quantitative estimate of drug-likeness (QED) is 0.344. The van der Waals surface area contributed by atoms with Gasteiger partial charge in [0.05, 0.1) is 36.6 Å². The Morgan fingerprint density at radius 1 is 1.18 bits per heavy atom.